The van der Waals surface area contributed by atoms with Crippen LogP contribution in [0.3, 0.4) is 0 Å². The molecule has 0 amide bonds. The fraction of sp³-hybridized carbons (Fsp3) is 0.160. The van der Waals surface area contributed by atoms with Crippen molar-refractivity contribution >= 4 is 21.8 Å². The number of aliphatic carboxylic acids is 1. The number of carboxylic acid groups (broad SMARTS) is 1. The minimum atomic E-state index is -4.38. The molecule has 0 unspecified atom stereocenters. The maximum atomic E-state index is 13.5. The van der Waals surface area contributed by atoms with E-state index in [1.807, 2.05) is 0 Å². The second kappa shape index (κ2) is 12.1. The Labute approximate surface area is 228 Å². The van der Waals surface area contributed by atoms with Gasteiger partial charge in [-0.1, -0.05) is 12.1 Å². The van der Waals surface area contributed by atoms with Gasteiger partial charge in [0.15, 0.2) is 41.2 Å². The first-order chi connectivity index (χ1) is 19.2. The fourth-order valence-corrected chi connectivity index (χ4v) is 4.34. The number of para-hydroxylation sites is 2. The van der Waals surface area contributed by atoms with E-state index in [0.717, 1.165) is 6.07 Å². The van der Waals surface area contributed by atoms with Crippen LogP contribution >= 0.6 is 0 Å². The number of carbonyl (C=O) groups is 1. The summed E-state index contributed by atoms with van der Waals surface area (Å²) in [7, 11) is -0.286. The third kappa shape index (κ3) is 6.27. The van der Waals surface area contributed by atoms with Gasteiger partial charge >= 0.3 is 5.97 Å². The highest BCUT2D eigenvalue weighted by Crippen LogP contribution is 2.41. The zero-order valence-corrected chi connectivity index (χ0v) is 22.2. The molecule has 2 aromatic carbocycles. The van der Waals surface area contributed by atoms with Crippen LogP contribution in [-0.2, 0) is 14.8 Å². The molecule has 0 fully saturated rings. The smallest absolute Gasteiger partial charge is 0.341 e. The van der Waals surface area contributed by atoms with Gasteiger partial charge in [0.1, 0.15) is 0 Å². The van der Waals surface area contributed by atoms with Gasteiger partial charge in [0.05, 0.1) is 26.2 Å². The van der Waals surface area contributed by atoms with Crippen molar-refractivity contribution in [2.75, 3.05) is 32.7 Å². The minimum Gasteiger partial charge on any atom is -0.493 e. The first kappa shape index (κ1) is 27.8. The summed E-state index contributed by atoms with van der Waals surface area (Å²) in [5.41, 5.74) is 0. The molecule has 0 bridgehead atoms. The number of rotatable bonds is 12. The summed E-state index contributed by atoms with van der Waals surface area (Å²) in [4.78, 5) is 27.6. The molecule has 2 aromatic heterocycles. The standard InChI is InChI=1S/C25H23N5O9S/c1-35-16-7-4-5-8-18(16)39-21-22(28-24(29-25(21)37-3)23-26-11-6-12-27-23)30-40(33,34)15-9-10-17(36-2)19(13-15)38-14-20(31)32/h4-13H,14H2,1-3H3,(H,31,32)(H,28,29,30). The maximum absolute atomic E-state index is 13.5. The second-order valence-electron chi connectivity index (χ2n) is 7.66. The van der Waals surface area contributed by atoms with Gasteiger partial charge in [0.2, 0.25) is 11.6 Å². The SMILES string of the molecule is COc1ccc(S(=O)(=O)Nc2nc(-c3ncccn3)nc(OC)c2Oc2ccccc2OC)cc1OCC(=O)O. The average Bonchev–Trinajstić information content (AvgIpc) is 2.97. The Morgan fingerprint density at radius 2 is 1.52 bits per heavy atom. The highest BCUT2D eigenvalue weighted by atomic mass is 32.2. The lowest BCUT2D eigenvalue weighted by Gasteiger charge is -2.17. The molecule has 40 heavy (non-hydrogen) atoms. The molecule has 2 heterocycles. The van der Waals surface area contributed by atoms with Gasteiger partial charge < -0.3 is 28.8 Å². The molecule has 0 aliphatic carbocycles. The second-order valence-corrected chi connectivity index (χ2v) is 9.34. The number of anilines is 1. The van der Waals surface area contributed by atoms with Crippen LogP contribution in [0.15, 0.2) is 65.8 Å². The van der Waals surface area contributed by atoms with Crippen LogP contribution in [0.5, 0.6) is 34.6 Å². The van der Waals surface area contributed by atoms with Gasteiger partial charge in [0, 0.05) is 18.5 Å². The summed E-state index contributed by atoms with van der Waals surface area (Å²) in [6.45, 7) is -0.715. The van der Waals surface area contributed by atoms with Crippen LogP contribution in [0.4, 0.5) is 5.82 Å². The normalized spacial score (nSPS) is 10.9. The fourth-order valence-electron chi connectivity index (χ4n) is 3.32. The summed E-state index contributed by atoms with van der Waals surface area (Å²) < 4.78 is 56.5. The molecule has 0 spiro atoms. The Morgan fingerprint density at radius 3 is 2.17 bits per heavy atom. The molecule has 4 rings (SSSR count). The zero-order chi connectivity index (χ0) is 28.7. The molecular formula is C25H23N5O9S. The summed E-state index contributed by atoms with van der Waals surface area (Å²) in [5, 5.41) is 8.97. The van der Waals surface area contributed by atoms with E-state index in [9.17, 15) is 13.2 Å². The average molecular weight is 570 g/mol. The van der Waals surface area contributed by atoms with Crippen molar-refractivity contribution in [2.24, 2.45) is 0 Å². The number of hydrogen-bond donors (Lipinski definition) is 2. The Kier molecular flexibility index (Phi) is 8.44. The van der Waals surface area contributed by atoms with Crippen LogP contribution in [0.2, 0.25) is 0 Å². The van der Waals surface area contributed by atoms with Crippen molar-refractivity contribution in [3.63, 3.8) is 0 Å². The lowest BCUT2D eigenvalue weighted by atomic mass is 10.3. The molecule has 208 valence electrons. The third-order valence-corrected chi connectivity index (χ3v) is 6.44. The number of carboxylic acids is 1. The van der Waals surface area contributed by atoms with Gasteiger partial charge in [-0.3, -0.25) is 4.72 Å². The van der Waals surface area contributed by atoms with E-state index >= 15 is 0 Å². The van der Waals surface area contributed by atoms with Gasteiger partial charge in [-0.15, -0.1) is 0 Å². The van der Waals surface area contributed by atoms with Crippen molar-refractivity contribution in [1.29, 1.82) is 0 Å². The van der Waals surface area contributed by atoms with Gasteiger partial charge in [-0.25, -0.2) is 28.2 Å². The number of hydrogen-bond acceptors (Lipinski definition) is 12. The number of methoxy groups -OCH3 is 3. The first-order valence-corrected chi connectivity index (χ1v) is 12.8. The van der Waals surface area contributed by atoms with E-state index in [4.69, 9.17) is 28.8 Å². The highest BCUT2D eigenvalue weighted by Gasteiger charge is 2.26. The number of benzene rings is 2. The van der Waals surface area contributed by atoms with E-state index < -0.39 is 22.6 Å². The number of nitrogens with one attached hydrogen (secondary N) is 1. The number of aromatic nitrogens is 4. The van der Waals surface area contributed by atoms with Crippen molar-refractivity contribution in [3.05, 3.63) is 60.9 Å². The van der Waals surface area contributed by atoms with Gasteiger partial charge in [-0.2, -0.15) is 4.98 Å². The molecule has 0 aliphatic rings. The molecule has 15 heteroatoms. The van der Waals surface area contributed by atoms with Crippen molar-refractivity contribution in [2.45, 2.75) is 4.90 Å². The summed E-state index contributed by atoms with van der Waals surface area (Å²) in [6, 6.07) is 11.9. The molecule has 0 saturated carbocycles. The largest absolute Gasteiger partial charge is 0.493 e. The van der Waals surface area contributed by atoms with Crippen LogP contribution in [0.25, 0.3) is 11.6 Å². The van der Waals surface area contributed by atoms with E-state index in [0.29, 0.717) is 5.75 Å². The van der Waals surface area contributed by atoms with Crippen molar-refractivity contribution in [1.82, 2.24) is 19.9 Å². The minimum absolute atomic E-state index is 0.0530. The number of ether oxygens (including phenoxy) is 5. The van der Waals surface area contributed by atoms with E-state index in [2.05, 4.69) is 24.7 Å². The molecular weight excluding hydrogens is 546 g/mol. The Bertz CT molecular complexity index is 1620. The van der Waals surface area contributed by atoms with E-state index in [1.165, 1.54) is 45.9 Å². The third-order valence-electron chi connectivity index (χ3n) is 5.10. The molecule has 0 saturated heterocycles. The molecule has 14 nitrogen and oxygen atoms in total. The van der Waals surface area contributed by atoms with E-state index in [-0.39, 0.29) is 51.2 Å². The summed E-state index contributed by atoms with van der Waals surface area (Å²) in [6.07, 6.45) is 2.94. The monoisotopic (exact) mass is 569 g/mol. The molecule has 0 aliphatic heterocycles. The van der Waals surface area contributed by atoms with Crippen LogP contribution < -0.4 is 28.4 Å². The Morgan fingerprint density at radius 1 is 0.850 bits per heavy atom. The lowest BCUT2D eigenvalue weighted by molar-refractivity contribution is -0.139. The number of nitrogens with zero attached hydrogens (tertiary/aromatic N) is 4. The molecule has 0 atom stereocenters. The predicted octanol–water partition coefficient (Wildman–Crippen LogP) is 3.02. The van der Waals surface area contributed by atoms with Crippen molar-refractivity contribution in [3.8, 4) is 46.3 Å². The molecule has 4 aromatic rings. The Balaban J connectivity index is 1.83. The quantitative estimate of drug-likeness (QED) is 0.254. The number of sulfonamides is 1. The van der Waals surface area contributed by atoms with Gasteiger partial charge in [0.25, 0.3) is 15.9 Å². The first-order valence-electron chi connectivity index (χ1n) is 11.4. The zero-order valence-electron chi connectivity index (χ0n) is 21.4. The van der Waals surface area contributed by atoms with Crippen LogP contribution in [-0.4, -0.2) is 67.4 Å². The summed E-state index contributed by atoms with van der Waals surface area (Å²) >= 11 is 0. The molecule has 2 N–H and O–H groups in total. The van der Waals surface area contributed by atoms with Crippen LogP contribution in [0.1, 0.15) is 0 Å². The highest BCUT2D eigenvalue weighted by molar-refractivity contribution is 7.92. The Hall–Kier alpha value is -5.18. The predicted molar refractivity (Wildman–Crippen MR) is 140 cm³/mol. The maximum Gasteiger partial charge on any atom is 0.341 e. The topological polar surface area (TPSA) is 181 Å². The summed E-state index contributed by atoms with van der Waals surface area (Å²) in [5.74, 6) is -1.20. The lowest BCUT2D eigenvalue weighted by Crippen LogP contribution is -2.17. The van der Waals surface area contributed by atoms with E-state index in [1.54, 1.807) is 30.3 Å². The van der Waals surface area contributed by atoms with Crippen LogP contribution in [0, 0.1) is 0 Å². The molecule has 0 radical (unpaired) electrons. The van der Waals surface area contributed by atoms with Gasteiger partial charge in [-0.05, 0) is 30.3 Å². The van der Waals surface area contributed by atoms with Crippen molar-refractivity contribution < 1.29 is 42.0 Å².